The average Bonchev–Trinajstić information content (AvgIpc) is 2.90. The van der Waals surface area contributed by atoms with Crippen molar-refractivity contribution in [1.29, 1.82) is 0 Å². The van der Waals surface area contributed by atoms with Gasteiger partial charge in [-0.3, -0.25) is 4.79 Å². The van der Waals surface area contributed by atoms with E-state index in [1.807, 2.05) is 0 Å². The highest BCUT2D eigenvalue weighted by molar-refractivity contribution is 5.77. The van der Waals surface area contributed by atoms with E-state index < -0.39 is 0 Å². The number of likely N-dealkylation sites (tertiary alicyclic amines) is 1. The second-order valence-electron chi connectivity index (χ2n) is 4.76. The maximum atomic E-state index is 11.6. The maximum Gasteiger partial charge on any atom is 0.257 e. The van der Waals surface area contributed by atoms with Gasteiger partial charge in [0.05, 0.1) is 0 Å². The smallest absolute Gasteiger partial charge is 0.257 e. The van der Waals surface area contributed by atoms with E-state index >= 15 is 0 Å². The van der Waals surface area contributed by atoms with Crippen molar-refractivity contribution in [2.45, 2.75) is 12.8 Å². The molecular weight excluding hydrogens is 242 g/mol. The molecule has 0 atom stereocenters. The van der Waals surface area contributed by atoms with Crippen LogP contribution in [-0.4, -0.2) is 43.6 Å². The Labute approximate surface area is 113 Å². The van der Waals surface area contributed by atoms with Crippen molar-refractivity contribution < 1.29 is 9.53 Å². The molecule has 3 N–H and O–H groups in total. The van der Waals surface area contributed by atoms with E-state index in [1.165, 1.54) is 12.8 Å². The second-order valence-corrected chi connectivity index (χ2v) is 4.76. The van der Waals surface area contributed by atoms with Crippen LogP contribution in [0, 0.1) is 0 Å². The van der Waals surface area contributed by atoms with Crippen molar-refractivity contribution in [2.24, 2.45) is 0 Å². The number of carbonyl (C=O) groups is 1. The predicted octanol–water partition coefficient (Wildman–Crippen LogP) is 0.860. The lowest BCUT2D eigenvalue weighted by Crippen LogP contribution is -2.35. The zero-order valence-electron chi connectivity index (χ0n) is 11.1. The third-order valence-electron chi connectivity index (χ3n) is 3.18. The van der Waals surface area contributed by atoms with Crippen molar-refractivity contribution in [3.05, 3.63) is 24.3 Å². The summed E-state index contributed by atoms with van der Waals surface area (Å²) in [6.07, 6.45) is 2.54. The second kappa shape index (κ2) is 6.99. The van der Waals surface area contributed by atoms with Gasteiger partial charge < -0.3 is 20.7 Å². The van der Waals surface area contributed by atoms with Gasteiger partial charge >= 0.3 is 0 Å². The van der Waals surface area contributed by atoms with Crippen LogP contribution in [-0.2, 0) is 4.79 Å². The van der Waals surface area contributed by atoms with Crippen molar-refractivity contribution in [3.63, 3.8) is 0 Å². The Balaban J connectivity index is 1.61. The first-order valence-corrected chi connectivity index (χ1v) is 6.71. The van der Waals surface area contributed by atoms with E-state index in [0.29, 0.717) is 18.0 Å². The average molecular weight is 263 g/mol. The van der Waals surface area contributed by atoms with Crippen LogP contribution >= 0.6 is 0 Å². The van der Waals surface area contributed by atoms with Crippen LogP contribution < -0.4 is 15.8 Å². The molecule has 0 saturated carbocycles. The van der Waals surface area contributed by atoms with Gasteiger partial charge in [-0.15, -0.1) is 0 Å². The first-order valence-electron chi connectivity index (χ1n) is 6.71. The standard InChI is InChI=1S/C14H21N3O2/c15-12-4-3-5-13(10-12)19-11-14(18)16-6-9-17-7-1-2-8-17/h3-5,10H,1-2,6-9,11,15H2,(H,16,18). The number of rotatable bonds is 6. The van der Waals surface area contributed by atoms with Gasteiger partial charge in [0.15, 0.2) is 6.61 Å². The summed E-state index contributed by atoms with van der Waals surface area (Å²) in [6.45, 7) is 3.93. The molecule has 19 heavy (non-hydrogen) atoms. The van der Waals surface area contributed by atoms with Gasteiger partial charge in [-0.1, -0.05) is 6.07 Å². The Morgan fingerprint density at radius 1 is 1.37 bits per heavy atom. The molecule has 1 saturated heterocycles. The number of anilines is 1. The van der Waals surface area contributed by atoms with Gasteiger partial charge in [0.25, 0.3) is 5.91 Å². The van der Waals surface area contributed by atoms with Gasteiger partial charge in [-0.25, -0.2) is 0 Å². The third kappa shape index (κ3) is 4.79. The van der Waals surface area contributed by atoms with Crippen molar-refractivity contribution in [1.82, 2.24) is 10.2 Å². The molecule has 0 aliphatic carbocycles. The summed E-state index contributed by atoms with van der Waals surface area (Å²) in [4.78, 5) is 13.9. The molecule has 1 amide bonds. The number of hydrogen-bond donors (Lipinski definition) is 2. The van der Waals surface area contributed by atoms with E-state index in [9.17, 15) is 4.79 Å². The van der Waals surface area contributed by atoms with Crippen LogP contribution in [0.1, 0.15) is 12.8 Å². The first-order chi connectivity index (χ1) is 9.24. The number of amides is 1. The third-order valence-corrected chi connectivity index (χ3v) is 3.18. The Morgan fingerprint density at radius 2 is 2.16 bits per heavy atom. The maximum absolute atomic E-state index is 11.6. The number of nitrogen functional groups attached to an aromatic ring is 1. The molecule has 0 radical (unpaired) electrons. The van der Waals surface area contributed by atoms with E-state index in [4.69, 9.17) is 10.5 Å². The van der Waals surface area contributed by atoms with Crippen LogP contribution in [0.15, 0.2) is 24.3 Å². The largest absolute Gasteiger partial charge is 0.484 e. The highest BCUT2D eigenvalue weighted by Gasteiger charge is 2.11. The summed E-state index contributed by atoms with van der Waals surface area (Å²) < 4.78 is 5.37. The lowest BCUT2D eigenvalue weighted by molar-refractivity contribution is -0.123. The number of carbonyl (C=O) groups excluding carboxylic acids is 1. The highest BCUT2D eigenvalue weighted by atomic mass is 16.5. The fourth-order valence-corrected chi connectivity index (χ4v) is 2.16. The molecule has 0 spiro atoms. The molecule has 1 fully saturated rings. The SMILES string of the molecule is Nc1cccc(OCC(=O)NCCN2CCCC2)c1. The number of nitrogens with two attached hydrogens (primary N) is 1. The zero-order valence-corrected chi connectivity index (χ0v) is 11.1. The van der Waals surface area contributed by atoms with E-state index in [-0.39, 0.29) is 12.5 Å². The minimum absolute atomic E-state index is 0.0312. The highest BCUT2D eigenvalue weighted by Crippen LogP contribution is 2.13. The summed E-state index contributed by atoms with van der Waals surface area (Å²) in [6, 6.07) is 7.07. The molecule has 104 valence electrons. The Hall–Kier alpha value is -1.75. The minimum Gasteiger partial charge on any atom is -0.484 e. The van der Waals surface area contributed by atoms with Crippen LogP contribution in [0.3, 0.4) is 0 Å². The summed E-state index contributed by atoms with van der Waals surface area (Å²) in [5, 5.41) is 2.86. The van der Waals surface area contributed by atoms with Gasteiger partial charge in [-0.05, 0) is 38.1 Å². The zero-order chi connectivity index (χ0) is 13.5. The Kier molecular flexibility index (Phi) is 5.03. The molecule has 5 nitrogen and oxygen atoms in total. The van der Waals surface area contributed by atoms with Gasteiger partial charge in [0, 0.05) is 24.8 Å². The predicted molar refractivity (Wildman–Crippen MR) is 75.0 cm³/mol. The molecule has 1 aromatic carbocycles. The lowest BCUT2D eigenvalue weighted by atomic mass is 10.3. The monoisotopic (exact) mass is 263 g/mol. The quantitative estimate of drug-likeness (QED) is 0.747. The fourth-order valence-electron chi connectivity index (χ4n) is 2.16. The number of nitrogens with zero attached hydrogens (tertiary/aromatic N) is 1. The van der Waals surface area contributed by atoms with E-state index in [2.05, 4.69) is 10.2 Å². The summed E-state index contributed by atoms with van der Waals surface area (Å²) in [7, 11) is 0. The summed E-state index contributed by atoms with van der Waals surface area (Å²) in [5.74, 6) is 0.524. The molecule has 0 unspecified atom stereocenters. The van der Waals surface area contributed by atoms with Crippen LogP contribution in [0.25, 0.3) is 0 Å². The minimum atomic E-state index is -0.0957. The summed E-state index contributed by atoms with van der Waals surface area (Å²) >= 11 is 0. The van der Waals surface area contributed by atoms with Crippen molar-refractivity contribution >= 4 is 11.6 Å². The van der Waals surface area contributed by atoms with Gasteiger partial charge in [-0.2, -0.15) is 0 Å². The Morgan fingerprint density at radius 3 is 2.89 bits per heavy atom. The van der Waals surface area contributed by atoms with Crippen molar-refractivity contribution in [3.8, 4) is 5.75 Å². The summed E-state index contributed by atoms with van der Waals surface area (Å²) in [5.41, 5.74) is 6.26. The first kappa shape index (κ1) is 13.7. The van der Waals surface area contributed by atoms with Crippen LogP contribution in [0.2, 0.25) is 0 Å². The molecule has 5 heteroatoms. The molecule has 0 aromatic heterocycles. The molecule has 1 heterocycles. The fraction of sp³-hybridized carbons (Fsp3) is 0.500. The molecule has 1 aromatic rings. The van der Waals surface area contributed by atoms with E-state index in [0.717, 1.165) is 19.6 Å². The van der Waals surface area contributed by atoms with Crippen molar-refractivity contribution in [2.75, 3.05) is 38.5 Å². The molecule has 2 rings (SSSR count). The normalized spacial score (nSPS) is 15.4. The lowest BCUT2D eigenvalue weighted by Gasteiger charge is -2.14. The Bertz CT molecular complexity index is 417. The van der Waals surface area contributed by atoms with E-state index in [1.54, 1.807) is 24.3 Å². The molecule has 1 aliphatic rings. The number of ether oxygens (including phenoxy) is 1. The van der Waals surface area contributed by atoms with Crippen LogP contribution in [0.4, 0.5) is 5.69 Å². The molecule has 0 bridgehead atoms. The topological polar surface area (TPSA) is 67.6 Å². The number of hydrogen-bond acceptors (Lipinski definition) is 4. The van der Waals surface area contributed by atoms with Gasteiger partial charge in [0.2, 0.25) is 0 Å². The number of nitrogens with one attached hydrogen (secondary N) is 1. The molecule has 1 aliphatic heterocycles. The molecular formula is C14H21N3O2. The van der Waals surface area contributed by atoms with Crippen LogP contribution in [0.5, 0.6) is 5.75 Å². The van der Waals surface area contributed by atoms with Gasteiger partial charge in [0.1, 0.15) is 5.75 Å². The number of benzene rings is 1.